The largest absolute Gasteiger partial charge is 0.393 e. The standard InChI is InChI=1S/C52H60ClFN6O5S3/c1-5-60-37(3)52(67(4,62)63)50(51(60)38-11-13-40(53)14-12-38)39-32-41(54)34-45(33-39)59-29-27-58(28-30-59)44-17-15-42(16-18-44)56-68(64,65)48-19-20-49(36(2)31-48)55-43(35-66-47-9-7-6-8-10-47)21-24-57-25-22-46(61)23-26-57/h6-20,31-34,43,46,55-56,61H,5,21-30,35H2,1-4H3/t43-/m1/s1. The van der Waals surface area contributed by atoms with Gasteiger partial charge in [0.15, 0.2) is 9.84 Å². The van der Waals surface area contributed by atoms with Crippen molar-refractivity contribution in [2.45, 2.75) is 73.4 Å². The zero-order valence-electron chi connectivity index (χ0n) is 39.0. The first kappa shape index (κ1) is 49.4. The van der Waals surface area contributed by atoms with Gasteiger partial charge in [0, 0.05) is 114 Å². The summed E-state index contributed by atoms with van der Waals surface area (Å²) in [4.78, 5) is 8.27. The summed E-state index contributed by atoms with van der Waals surface area (Å²) < 4.78 is 74.6. The van der Waals surface area contributed by atoms with Gasteiger partial charge in [-0.2, -0.15) is 0 Å². The van der Waals surface area contributed by atoms with Gasteiger partial charge in [-0.1, -0.05) is 41.9 Å². The van der Waals surface area contributed by atoms with Crippen LogP contribution in [0.2, 0.25) is 5.02 Å². The van der Waals surface area contributed by atoms with Crippen molar-refractivity contribution >= 4 is 66.0 Å². The van der Waals surface area contributed by atoms with Crippen LogP contribution in [0.15, 0.2) is 130 Å². The Morgan fingerprint density at radius 3 is 2.09 bits per heavy atom. The maximum Gasteiger partial charge on any atom is 0.261 e. The minimum Gasteiger partial charge on any atom is -0.393 e. The molecule has 8 rings (SSSR count). The van der Waals surface area contributed by atoms with Gasteiger partial charge in [-0.25, -0.2) is 21.2 Å². The van der Waals surface area contributed by atoms with Gasteiger partial charge in [0.2, 0.25) is 0 Å². The van der Waals surface area contributed by atoms with Gasteiger partial charge in [0.05, 0.1) is 21.6 Å². The van der Waals surface area contributed by atoms with Gasteiger partial charge < -0.3 is 29.7 Å². The first-order valence-electron chi connectivity index (χ1n) is 23.1. The molecule has 360 valence electrons. The van der Waals surface area contributed by atoms with Crippen LogP contribution in [0.1, 0.15) is 37.4 Å². The molecule has 1 atom stereocenters. The van der Waals surface area contributed by atoms with Crippen LogP contribution in [0.25, 0.3) is 22.4 Å². The third-order valence-corrected chi connectivity index (χ3v) is 17.0. The number of rotatable bonds is 17. The number of likely N-dealkylation sites (tertiary alicyclic amines) is 1. The lowest BCUT2D eigenvalue weighted by Gasteiger charge is -2.37. The van der Waals surface area contributed by atoms with Crippen LogP contribution >= 0.6 is 23.4 Å². The van der Waals surface area contributed by atoms with E-state index in [4.69, 9.17) is 11.6 Å². The van der Waals surface area contributed by atoms with E-state index in [-0.39, 0.29) is 21.9 Å². The highest BCUT2D eigenvalue weighted by Crippen LogP contribution is 2.43. The minimum atomic E-state index is -3.89. The highest BCUT2D eigenvalue weighted by atomic mass is 35.5. The Labute approximate surface area is 410 Å². The number of piperidine rings is 1. The fourth-order valence-corrected chi connectivity index (χ4v) is 12.9. The van der Waals surface area contributed by atoms with Gasteiger partial charge in [-0.05, 0) is 142 Å². The zero-order chi connectivity index (χ0) is 48.2. The highest BCUT2D eigenvalue weighted by Gasteiger charge is 2.30. The molecule has 0 spiro atoms. The molecule has 0 unspecified atom stereocenters. The van der Waals surface area contributed by atoms with E-state index >= 15 is 4.39 Å². The molecule has 5 aromatic carbocycles. The normalized spacial score (nSPS) is 15.7. The number of aryl methyl sites for hydroxylation is 1. The molecule has 2 saturated heterocycles. The summed E-state index contributed by atoms with van der Waals surface area (Å²) in [6.07, 6.45) is 3.49. The van der Waals surface area contributed by atoms with Crippen LogP contribution in [0, 0.1) is 19.7 Å². The topological polar surface area (TPSA) is 127 Å². The number of aliphatic hydroxyl groups is 1. The van der Waals surface area contributed by atoms with E-state index in [1.165, 1.54) is 23.3 Å². The first-order chi connectivity index (χ1) is 32.6. The molecule has 0 amide bonds. The number of nitrogens with zero attached hydrogens (tertiary/aromatic N) is 4. The fraction of sp³-hybridized carbons (Fsp3) is 0.346. The second kappa shape index (κ2) is 21.3. The maximum absolute atomic E-state index is 15.7. The lowest BCUT2D eigenvalue weighted by molar-refractivity contribution is 0.0817. The van der Waals surface area contributed by atoms with E-state index in [0.717, 1.165) is 67.2 Å². The number of piperazine rings is 1. The van der Waals surface area contributed by atoms with Gasteiger partial charge in [0.25, 0.3) is 10.0 Å². The van der Waals surface area contributed by atoms with Gasteiger partial charge in [0.1, 0.15) is 5.82 Å². The van der Waals surface area contributed by atoms with Crippen LogP contribution in [0.4, 0.5) is 27.1 Å². The van der Waals surface area contributed by atoms with Crippen molar-refractivity contribution in [3.05, 3.63) is 137 Å². The van der Waals surface area contributed by atoms with E-state index in [1.807, 2.05) is 73.0 Å². The summed E-state index contributed by atoms with van der Waals surface area (Å²) >= 11 is 8.03. The minimum absolute atomic E-state index is 0.142. The van der Waals surface area contributed by atoms with Crippen LogP contribution in [-0.2, 0) is 26.4 Å². The molecule has 2 aliphatic rings. The Bertz CT molecular complexity index is 2920. The lowest BCUT2D eigenvalue weighted by atomic mass is 10.00. The van der Waals surface area contributed by atoms with Crippen LogP contribution in [-0.4, -0.2) is 101 Å². The van der Waals surface area contributed by atoms with E-state index in [9.17, 15) is 21.9 Å². The predicted octanol–water partition coefficient (Wildman–Crippen LogP) is 10.2. The van der Waals surface area contributed by atoms with Crippen LogP contribution in [0.5, 0.6) is 0 Å². The van der Waals surface area contributed by atoms with Crippen molar-refractivity contribution in [2.75, 3.05) is 77.7 Å². The molecule has 11 nitrogen and oxygen atoms in total. The maximum atomic E-state index is 15.7. The Balaban J connectivity index is 0.919. The number of sulfone groups is 1. The van der Waals surface area contributed by atoms with Crippen molar-refractivity contribution in [2.24, 2.45) is 0 Å². The molecular formula is C52H60ClFN6O5S3. The quantitative estimate of drug-likeness (QED) is 0.0761. The van der Waals surface area contributed by atoms with Crippen molar-refractivity contribution in [1.29, 1.82) is 0 Å². The predicted molar refractivity (Wildman–Crippen MR) is 278 cm³/mol. The third kappa shape index (κ3) is 11.7. The number of nitrogens with one attached hydrogen (secondary N) is 2. The Kier molecular flexibility index (Phi) is 15.5. The zero-order valence-corrected chi connectivity index (χ0v) is 42.2. The van der Waals surface area contributed by atoms with Gasteiger partial charge in [-0.15, -0.1) is 11.8 Å². The summed E-state index contributed by atoms with van der Waals surface area (Å²) in [6, 6.07) is 35.0. The number of anilines is 4. The lowest BCUT2D eigenvalue weighted by Crippen LogP contribution is -2.46. The molecule has 16 heteroatoms. The molecule has 6 aromatic rings. The number of thioether (sulfide) groups is 1. The second-order valence-electron chi connectivity index (χ2n) is 17.8. The molecule has 1 aromatic heterocycles. The van der Waals surface area contributed by atoms with Crippen LogP contribution < -0.4 is 19.8 Å². The number of hydrogen-bond acceptors (Lipinski definition) is 10. The van der Waals surface area contributed by atoms with Crippen LogP contribution in [0.3, 0.4) is 0 Å². The van der Waals surface area contributed by atoms with Crippen molar-refractivity contribution in [3.63, 3.8) is 0 Å². The summed E-state index contributed by atoms with van der Waals surface area (Å²) in [7, 11) is -7.61. The molecule has 0 radical (unpaired) electrons. The summed E-state index contributed by atoms with van der Waals surface area (Å²) in [5, 5.41) is 14.3. The summed E-state index contributed by atoms with van der Waals surface area (Å²) in [6.45, 7) is 11.3. The monoisotopic (exact) mass is 998 g/mol. The molecule has 2 fully saturated rings. The summed E-state index contributed by atoms with van der Waals surface area (Å²) in [5.41, 5.74) is 6.76. The highest BCUT2D eigenvalue weighted by molar-refractivity contribution is 7.99. The molecular weight excluding hydrogens is 939 g/mol. The average molecular weight is 1000 g/mol. The fourth-order valence-electron chi connectivity index (χ4n) is 9.39. The van der Waals surface area contributed by atoms with Crippen molar-refractivity contribution < 1.29 is 26.3 Å². The molecule has 0 aliphatic carbocycles. The Hall–Kier alpha value is -5.03. The molecule has 3 N–H and O–H groups in total. The SMILES string of the molecule is CCn1c(C)c(S(C)(=O)=O)c(-c2cc(F)cc(N3CCN(c4ccc(NS(=O)(=O)c5ccc(N[C@H](CCN6CCC(O)CC6)CSc6ccccc6)c(C)c5)cc4)CC3)c2)c1-c1ccc(Cl)cc1. The third-order valence-electron chi connectivity index (χ3n) is 13.0. The second-order valence-corrected chi connectivity index (χ2v) is 23.0. The number of benzene rings is 5. The van der Waals surface area contributed by atoms with Gasteiger partial charge >= 0.3 is 0 Å². The molecule has 0 bridgehead atoms. The number of sulfonamides is 1. The van der Waals surface area contributed by atoms with E-state index in [1.54, 1.807) is 55.1 Å². The van der Waals surface area contributed by atoms with E-state index in [2.05, 4.69) is 36.9 Å². The Morgan fingerprint density at radius 2 is 1.46 bits per heavy atom. The number of aromatic nitrogens is 1. The molecule has 3 heterocycles. The number of halogens is 2. The Morgan fingerprint density at radius 1 is 0.794 bits per heavy atom. The molecule has 68 heavy (non-hydrogen) atoms. The summed E-state index contributed by atoms with van der Waals surface area (Å²) in [5.74, 6) is 0.381. The molecule has 0 saturated carbocycles. The van der Waals surface area contributed by atoms with Gasteiger partial charge in [-0.3, -0.25) is 4.72 Å². The van der Waals surface area contributed by atoms with Crippen molar-refractivity contribution in [3.8, 4) is 22.4 Å². The first-order valence-corrected chi connectivity index (χ1v) is 27.9. The molecule has 2 aliphatic heterocycles. The number of aliphatic hydroxyl groups excluding tert-OH is 1. The van der Waals surface area contributed by atoms with Crippen molar-refractivity contribution in [1.82, 2.24) is 9.47 Å². The van der Waals surface area contributed by atoms with E-state index in [0.29, 0.717) is 71.6 Å². The average Bonchev–Trinajstić information content (AvgIpc) is 3.64. The smallest absolute Gasteiger partial charge is 0.261 e. The van der Waals surface area contributed by atoms with E-state index < -0.39 is 25.7 Å². The number of hydrogen-bond donors (Lipinski definition) is 3.